The zero-order chi connectivity index (χ0) is 18.4. The number of rotatable bonds is 6. The van der Waals surface area contributed by atoms with Crippen molar-refractivity contribution in [2.24, 2.45) is 4.99 Å². The number of aromatic nitrogens is 1. The minimum Gasteiger partial charge on any atom is -0.357 e. The van der Waals surface area contributed by atoms with Crippen LogP contribution >= 0.6 is 11.3 Å². The van der Waals surface area contributed by atoms with Gasteiger partial charge >= 0.3 is 0 Å². The van der Waals surface area contributed by atoms with Crippen LogP contribution in [0.2, 0.25) is 0 Å². The number of nitrogens with zero attached hydrogens (tertiary/aromatic N) is 3. The van der Waals surface area contributed by atoms with Crippen LogP contribution in [0.5, 0.6) is 0 Å². The molecule has 2 N–H and O–H groups in total. The first-order chi connectivity index (χ1) is 12.7. The summed E-state index contributed by atoms with van der Waals surface area (Å²) in [6.07, 6.45) is 2.57. The van der Waals surface area contributed by atoms with Crippen molar-refractivity contribution < 1.29 is 4.39 Å². The number of guanidine groups is 1. The third-order valence-corrected chi connectivity index (χ3v) is 5.25. The summed E-state index contributed by atoms with van der Waals surface area (Å²) in [5, 5.41) is 11.1. The van der Waals surface area contributed by atoms with Crippen molar-refractivity contribution in [1.29, 1.82) is 0 Å². The molecule has 0 radical (unpaired) electrons. The van der Waals surface area contributed by atoms with Gasteiger partial charge in [0.05, 0.1) is 0 Å². The van der Waals surface area contributed by atoms with Crippen molar-refractivity contribution in [3.8, 4) is 0 Å². The number of halogens is 1. The highest BCUT2D eigenvalue weighted by Gasteiger charge is 2.26. The molecular formula is C19H26FN5S. The Morgan fingerprint density at radius 3 is 3.12 bits per heavy atom. The molecule has 3 rings (SSSR count). The summed E-state index contributed by atoms with van der Waals surface area (Å²) in [5.41, 5.74) is 1.33. The highest BCUT2D eigenvalue weighted by molar-refractivity contribution is 7.07. The molecular weight excluding hydrogens is 349 g/mol. The Kier molecular flexibility index (Phi) is 6.44. The summed E-state index contributed by atoms with van der Waals surface area (Å²) in [7, 11) is 0. The molecule has 1 saturated heterocycles. The molecule has 0 aromatic carbocycles. The van der Waals surface area contributed by atoms with E-state index in [4.69, 9.17) is 4.99 Å². The minimum atomic E-state index is -0.265. The molecule has 3 heterocycles. The van der Waals surface area contributed by atoms with Crippen LogP contribution in [0, 0.1) is 5.82 Å². The fraction of sp³-hybridized carbons (Fsp3) is 0.474. The molecule has 2 aromatic rings. The van der Waals surface area contributed by atoms with Crippen molar-refractivity contribution >= 4 is 23.1 Å². The Morgan fingerprint density at radius 1 is 1.50 bits per heavy atom. The lowest BCUT2D eigenvalue weighted by Gasteiger charge is -2.20. The molecule has 1 aliphatic heterocycles. The number of aliphatic imine (C=N–C) groups is 1. The van der Waals surface area contributed by atoms with E-state index in [9.17, 15) is 4.39 Å². The topological polar surface area (TPSA) is 52.6 Å². The van der Waals surface area contributed by atoms with Gasteiger partial charge in [-0.1, -0.05) is 6.92 Å². The van der Waals surface area contributed by atoms with Crippen LogP contribution in [0.1, 0.15) is 31.7 Å². The largest absolute Gasteiger partial charge is 0.357 e. The lowest BCUT2D eigenvalue weighted by molar-refractivity contribution is 0.612. The Hall–Kier alpha value is -2.15. The summed E-state index contributed by atoms with van der Waals surface area (Å²) < 4.78 is 13.9. The van der Waals surface area contributed by atoms with Gasteiger partial charge in [0.15, 0.2) is 17.6 Å². The zero-order valence-corrected chi connectivity index (χ0v) is 16.1. The van der Waals surface area contributed by atoms with E-state index >= 15 is 0 Å². The molecule has 2 unspecified atom stereocenters. The molecule has 2 aromatic heterocycles. The van der Waals surface area contributed by atoms with Crippen LogP contribution in [0.4, 0.5) is 10.2 Å². The second kappa shape index (κ2) is 8.98. The highest BCUT2D eigenvalue weighted by Crippen LogP contribution is 2.21. The highest BCUT2D eigenvalue weighted by atomic mass is 32.1. The molecule has 0 bridgehead atoms. The van der Waals surface area contributed by atoms with E-state index < -0.39 is 0 Å². The summed E-state index contributed by atoms with van der Waals surface area (Å²) >= 11 is 1.72. The van der Waals surface area contributed by atoms with E-state index in [0.29, 0.717) is 11.7 Å². The van der Waals surface area contributed by atoms with Crippen LogP contribution in [0.25, 0.3) is 0 Å². The molecule has 2 atom stereocenters. The van der Waals surface area contributed by atoms with Gasteiger partial charge in [-0.25, -0.2) is 9.37 Å². The quantitative estimate of drug-likeness (QED) is 0.601. The number of pyridine rings is 1. The van der Waals surface area contributed by atoms with Gasteiger partial charge in [-0.2, -0.15) is 11.3 Å². The van der Waals surface area contributed by atoms with E-state index in [2.05, 4.69) is 46.3 Å². The molecule has 0 aliphatic carbocycles. The van der Waals surface area contributed by atoms with E-state index in [-0.39, 0.29) is 11.9 Å². The molecule has 140 valence electrons. The molecule has 1 aliphatic rings. The molecule has 1 fully saturated rings. The van der Waals surface area contributed by atoms with Crippen LogP contribution in [-0.2, 0) is 0 Å². The first-order valence-corrected chi connectivity index (χ1v) is 10.0. The van der Waals surface area contributed by atoms with E-state index in [1.807, 2.05) is 4.90 Å². The maximum absolute atomic E-state index is 13.9. The van der Waals surface area contributed by atoms with Gasteiger partial charge < -0.3 is 15.5 Å². The Balaban J connectivity index is 1.58. The van der Waals surface area contributed by atoms with Crippen molar-refractivity contribution in [1.82, 2.24) is 15.6 Å². The second-order valence-electron chi connectivity index (χ2n) is 6.56. The van der Waals surface area contributed by atoms with Crippen LogP contribution in [0.15, 0.2) is 40.1 Å². The SMILES string of the molecule is CCNC(=NCC(C)c1ccsc1)NC1CCN(c2ncccc2F)C1. The third kappa shape index (κ3) is 4.72. The van der Waals surface area contributed by atoms with Crippen LogP contribution in [0.3, 0.4) is 0 Å². The first-order valence-electron chi connectivity index (χ1n) is 9.09. The van der Waals surface area contributed by atoms with Crippen LogP contribution < -0.4 is 15.5 Å². The first kappa shape index (κ1) is 18.6. The fourth-order valence-corrected chi connectivity index (χ4v) is 3.87. The summed E-state index contributed by atoms with van der Waals surface area (Å²) in [5.74, 6) is 1.38. The summed E-state index contributed by atoms with van der Waals surface area (Å²) in [4.78, 5) is 10.9. The number of hydrogen-bond acceptors (Lipinski definition) is 4. The van der Waals surface area contributed by atoms with Crippen molar-refractivity contribution in [3.63, 3.8) is 0 Å². The Bertz CT molecular complexity index is 718. The van der Waals surface area contributed by atoms with E-state index in [0.717, 1.165) is 38.6 Å². The second-order valence-corrected chi connectivity index (χ2v) is 7.34. The predicted molar refractivity (Wildman–Crippen MR) is 107 cm³/mol. The molecule has 5 nitrogen and oxygen atoms in total. The number of anilines is 1. The van der Waals surface area contributed by atoms with Crippen molar-refractivity contribution in [3.05, 3.63) is 46.5 Å². The van der Waals surface area contributed by atoms with Crippen LogP contribution in [-0.4, -0.2) is 43.2 Å². The van der Waals surface area contributed by atoms with Gasteiger partial charge in [-0.15, -0.1) is 0 Å². The summed E-state index contributed by atoms with van der Waals surface area (Å²) in [6, 6.07) is 5.46. The Morgan fingerprint density at radius 2 is 2.38 bits per heavy atom. The van der Waals surface area contributed by atoms with Gasteiger partial charge in [0.2, 0.25) is 0 Å². The average Bonchev–Trinajstić information content (AvgIpc) is 3.32. The predicted octanol–water partition coefficient (Wildman–Crippen LogP) is 3.22. The smallest absolute Gasteiger partial charge is 0.191 e. The van der Waals surface area contributed by atoms with Gasteiger partial charge in [-0.3, -0.25) is 4.99 Å². The molecule has 0 spiro atoms. The number of nitrogens with one attached hydrogen (secondary N) is 2. The lowest BCUT2D eigenvalue weighted by Crippen LogP contribution is -2.44. The van der Waals surface area contributed by atoms with Crippen molar-refractivity contribution in [2.45, 2.75) is 32.2 Å². The minimum absolute atomic E-state index is 0.227. The monoisotopic (exact) mass is 375 g/mol. The molecule has 26 heavy (non-hydrogen) atoms. The fourth-order valence-electron chi connectivity index (χ4n) is 3.08. The average molecular weight is 376 g/mol. The maximum atomic E-state index is 13.9. The normalized spacial score (nSPS) is 18.8. The number of hydrogen-bond donors (Lipinski definition) is 2. The lowest BCUT2D eigenvalue weighted by atomic mass is 10.1. The maximum Gasteiger partial charge on any atom is 0.191 e. The zero-order valence-electron chi connectivity index (χ0n) is 15.3. The van der Waals surface area contributed by atoms with Gasteiger partial charge in [0, 0.05) is 44.3 Å². The summed E-state index contributed by atoms with van der Waals surface area (Å²) in [6.45, 7) is 7.30. The standard InChI is InChI=1S/C19H26FN5S/c1-3-21-19(23-11-14(2)15-7-10-26-13-15)24-16-6-9-25(12-16)18-17(20)5-4-8-22-18/h4-5,7-8,10,13-14,16H,3,6,9,11-12H2,1-2H3,(H2,21,23,24). The molecule has 7 heteroatoms. The van der Waals surface area contributed by atoms with Gasteiger partial charge in [0.25, 0.3) is 0 Å². The van der Waals surface area contributed by atoms with E-state index in [1.165, 1.54) is 11.6 Å². The molecule has 0 amide bonds. The molecule has 0 saturated carbocycles. The van der Waals surface area contributed by atoms with Gasteiger partial charge in [0.1, 0.15) is 0 Å². The third-order valence-electron chi connectivity index (χ3n) is 4.55. The number of thiophene rings is 1. The van der Waals surface area contributed by atoms with E-state index in [1.54, 1.807) is 23.6 Å². The van der Waals surface area contributed by atoms with Gasteiger partial charge in [-0.05, 0) is 47.9 Å². The Labute approximate surface area is 158 Å². The van der Waals surface area contributed by atoms with Crippen molar-refractivity contribution in [2.75, 3.05) is 31.1 Å².